The number of carbonyl (C=O) groups is 1. The molecule has 0 saturated heterocycles. The molecule has 27 heavy (non-hydrogen) atoms. The van der Waals surface area contributed by atoms with Crippen LogP contribution in [0.2, 0.25) is 0 Å². The van der Waals surface area contributed by atoms with E-state index >= 15 is 0 Å². The van der Waals surface area contributed by atoms with Crippen LogP contribution in [0.4, 0.5) is 0 Å². The zero-order valence-electron chi connectivity index (χ0n) is 14.9. The number of aromatic nitrogens is 2. The van der Waals surface area contributed by atoms with Crippen LogP contribution < -0.4 is 4.57 Å². The number of rotatable bonds is 6. The van der Waals surface area contributed by atoms with Crippen molar-refractivity contribution in [1.82, 2.24) is 4.57 Å². The molecule has 2 aromatic carbocycles. The normalized spacial score (nSPS) is 10.4. The molecule has 0 unspecified atom stereocenters. The summed E-state index contributed by atoms with van der Waals surface area (Å²) >= 11 is 2.29. The van der Waals surface area contributed by atoms with Crippen molar-refractivity contribution in [3.05, 3.63) is 75.8 Å². The van der Waals surface area contributed by atoms with Gasteiger partial charge in [0.15, 0.2) is 5.69 Å². The molecule has 3 rings (SSSR count). The third-order valence-corrected chi connectivity index (χ3v) is 4.93. The number of nitriles is 1. The minimum atomic E-state index is -0.341. The van der Waals surface area contributed by atoms with Gasteiger partial charge >= 0.3 is 5.97 Å². The quantitative estimate of drug-likeness (QED) is 0.312. The van der Waals surface area contributed by atoms with Crippen molar-refractivity contribution >= 4 is 28.6 Å². The van der Waals surface area contributed by atoms with E-state index in [-0.39, 0.29) is 5.97 Å². The summed E-state index contributed by atoms with van der Waals surface area (Å²) in [6.07, 6.45) is 4.53. The fraction of sp³-hybridized carbons (Fsp3) is 0.190. The van der Waals surface area contributed by atoms with Crippen molar-refractivity contribution in [2.75, 3.05) is 7.11 Å². The van der Waals surface area contributed by atoms with Crippen molar-refractivity contribution in [2.24, 2.45) is 0 Å². The number of aryl methyl sites for hydroxylation is 1. The Kier molecular flexibility index (Phi) is 6.24. The Balaban J connectivity index is 1.96. The van der Waals surface area contributed by atoms with Crippen LogP contribution in [0.5, 0.6) is 0 Å². The molecule has 0 aliphatic rings. The Hall–Kier alpha value is -2.66. The van der Waals surface area contributed by atoms with E-state index in [1.165, 1.54) is 10.7 Å². The zero-order valence-corrected chi connectivity index (χ0v) is 17.1. The molecule has 0 aliphatic carbocycles. The summed E-state index contributed by atoms with van der Waals surface area (Å²) in [6.45, 7) is 1.26. The van der Waals surface area contributed by atoms with E-state index in [0.29, 0.717) is 25.1 Å². The molecule has 1 heterocycles. The lowest BCUT2D eigenvalue weighted by Gasteiger charge is -2.05. The van der Waals surface area contributed by atoms with Crippen molar-refractivity contribution in [1.29, 1.82) is 5.26 Å². The largest absolute Gasteiger partial charge is 0.465 e. The molecule has 6 heteroatoms. The highest BCUT2D eigenvalue weighted by Gasteiger charge is 2.17. The van der Waals surface area contributed by atoms with Crippen LogP contribution in [0.15, 0.2) is 61.1 Å². The number of methoxy groups -OCH3 is 1. The maximum absolute atomic E-state index is 11.8. The van der Waals surface area contributed by atoms with E-state index in [9.17, 15) is 4.79 Å². The van der Waals surface area contributed by atoms with Gasteiger partial charge in [-0.2, -0.15) is 5.26 Å². The van der Waals surface area contributed by atoms with Gasteiger partial charge in [-0.15, -0.1) is 0 Å². The lowest BCUT2D eigenvalue weighted by Crippen LogP contribution is -2.30. The van der Waals surface area contributed by atoms with Gasteiger partial charge in [-0.3, -0.25) is 0 Å². The molecule has 0 spiro atoms. The molecule has 0 fully saturated rings. The third-order valence-electron chi connectivity index (χ3n) is 4.21. The first-order valence-corrected chi connectivity index (χ1v) is 9.58. The first-order chi connectivity index (χ1) is 13.1. The summed E-state index contributed by atoms with van der Waals surface area (Å²) in [7, 11) is 1.38. The number of halogens is 1. The smallest absolute Gasteiger partial charge is 0.337 e. The molecule has 0 aliphatic heterocycles. The monoisotopic (exact) mass is 472 g/mol. The number of hydrogen-bond acceptors (Lipinski definition) is 3. The second-order valence-corrected chi connectivity index (χ2v) is 7.35. The molecule has 0 radical (unpaired) electrons. The van der Waals surface area contributed by atoms with Gasteiger partial charge in [-0.05, 0) is 64.6 Å². The van der Waals surface area contributed by atoms with E-state index in [1.54, 1.807) is 6.07 Å². The van der Waals surface area contributed by atoms with Gasteiger partial charge in [-0.1, -0.05) is 12.1 Å². The number of ether oxygens (including phenoxy) is 1. The minimum Gasteiger partial charge on any atom is -0.465 e. The van der Waals surface area contributed by atoms with Gasteiger partial charge in [0.05, 0.1) is 25.2 Å². The molecule has 0 atom stereocenters. The van der Waals surface area contributed by atoms with Crippen LogP contribution >= 0.6 is 22.6 Å². The average molecular weight is 472 g/mol. The van der Waals surface area contributed by atoms with Crippen molar-refractivity contribution < 1.29 is 14.1 Å². The Morgan fingerprint density at radius 2 is 2.04 bits per heavy atom. The van der Waals surface area contributed by atoms with Crippen molar-refractivity contribution in [3.63, 3.8) is 0 Å². The van der Waals surface area contributed by atoms with Crippen LogP contribution in [0.25, 0.3) is 11.3 Å². The van der Waals surface area contributed by atoms with Gasteiger partial charge in [0.2, 0.25) is 6.33 Å². The molecule has 3 aromatic rings. The van der Waals surface area contributed by atoms with Crippen LogP contribution in [0, 0.1) is 14.9 Å². The van der Waals surface area contributed by atoms with Crippen LogP contribution in [-0.4, -0.2) is 17.6 Å². The van der Waals surface area contributed by atoms with Gasteiger partial charge < -0.3 is 4.74 Å². The predicted molar refractivity (Wildman–Crippen MR) is 110 cm³/mol. The molecule has 0 amide bonds. The predicted octanol–water partition coefficient (Wildman–Crippen LogP) is 3.80. The molecular formula is C21H19IN3O2+. The highest BCUT2D eigenvalue weighted by Crippen LogP contribution is 2.21. The Labute approximate surface area is 172 Å². The summed E-state index contributed by atoms with van der Waals surface area (Å²) in [5, 5.41) is 8.88. The summed E-state index contributed by atoms with van der Waals surface area (Å²) in [5.41, 5.74) is 3.71. The standard InChI is InChI=1S/C21H19IN3O2/c1-27-21(26)18-5-2-4-16(12-18)13-25-15-24(11-3-10-23)14-20(25)17-6-8-19(22)9-7-17/h2,4-9,12,14-15H,3,11,13H2,1H3/q+1. The maximum Gasteiger partial charge on any atom is 0.337 e. The first kappa shape index (κ1) is 19.1. The number of nitrogens with zero attached hydrogens (tertiary/aromatic N) is 3. The SMILES string of the molecule is COC(=O)c1cccc(Cn2c[n+](CCC#N)cc2-c2ccc(I)cc2)c1. The van der Waals surface area contributed by atoms with E-state index < -0.39 is 0 Å². The van der Waals surface area contributed by atoms with Gasteiger partial charge in [0.25, 0.3) is 0 Å². The van der Waals surface area contributed by atoms with E-state index in [4.69, 9.17) is 10.00 Å². The van der Waals surface area contributed by atoms with Gasteiger partial charge in [0, 0.05) is 9.13 Å². The molecule has 136 valence electrons. The average Bonchev–Trinajstić information content (AvgIpc) is 3.09. The lowest BCUT2D eigenvalue weighted by atomic mass is 10.1. The Morgan fingerprint density at radius 1 is 1.26 bits per heavy atom. The van der Waals surface area contributed by atoms with Gasteiger partial charge in [0.1, 0.15) is 19.3 Å². The molecule has 1 aromatic heterocycles. The highest BCUT2D eigenvalue weighted by molar-refractivity contribution is 14.1. The van der Waals surface area contributed by atoms with Crippen molar-refractivity contribution in [2.45, 2.75) is 19.5 Å². The summed E-state index contributed by atoms with van der Waals surface area (Å²) in [5.74, 6) is -0.341. The second kappa shape index (κ2) is 8.82. The number of esters is 1. The lowest BCUT2D eigenvalue weighted by molar-refractivity contribution is -0.695. The van der Waals surface area contributed by atoms with E-state index in [1.807, 2.05) is 29.1 Å². The summed E-state index contributed by atoms with van der Waals surface area (Å²) in [6, 6.07) is 18.0. The fourth-order valence-corrected chi connectivity index (χ4v) is 3.26. The molecule has 0 bridgehead atoms. The van der Waals surface area contributed by atoms with Crippen LogP contribution in [0.3, 0.4) is 0 Å². The second-order valence-electron chi connectivity index (χ2n) is 6.10. The van der Waals surface area contributed by atoms with Crippen LogP contribution in [-0.2, 0) is 17.8 Å². The topological polar surface area (TPSA) is 58.9 Å². The zero-order chi connectivity index (χ0) is 19.2. The Bertz CT molecular complexity index is 987. The number of benzene rings is 2. The minimum absolute atomic E-state index is 0.341. The molecule has 0 N–H and O–H groups in total. The molecule has 0 saturated carbocycles. The number of hydrogen-bond donors (Lipinski definition) is 0. The van der Waals surface area contributed by atoms with Crippen LogP contribution in [0.1, 0.15) is 22.3 Å². The Morgan fingerprint density at radius 3 is 2.74 bits per heavy atom. The fourth-order valence-electron chi connectivity index (χ4n) is 2.91. The third kappa shape index (κ3) is 4.74. The van der Waals surface area contributed by atoms with E-state index in [2.05, 4.69) is 63.7 Å². The summed E-state index contributed by atoms with van der Waals surface area (Å²) < 4.78 is 10.2. The molecular weight excluding hydrogens is 453 g/mol. The maximum atomic E-state index is 11.8. The highest BCUT2D eigenvalue weighted by atomic mass is 127. The van der Waals surface area contributed by atoms with Crippen molar-refractivity contribution in [3.8, 4) is 17.3 Å². The first-order valence-electron chi connectivity index (χ1n) is 8.50. The molecule has 5 nitrogen and oxygen atoms in total. The van der Waals surface area contributed by atoms with E-state index in [0.717, 1.165) is 16.8 Å². The number of carbonyl (C=O) groups excluding carboxylic acids is 1. The van der Waals surface area contributed by atoms with Gasteiger partial charge in [-0.25, -0.2) is 13.9 Å². The summed E-state index contributed by atoms with van der Waals surface area (Å²) in [4.78, 5) is 11.8. The number of imidazole rings is 1.